The number of piperidine rings is 1. The molecule has 1 aromatic carbocycles. The third kappa shape index (κ3) is 4.32. The third-order valence-electron chi connectivity index (χ3n) is 4.19. The average molecular weight is 398 g/mol. The molecule has 0 radical (unpaired) electrons. The van der Waals surface area contributed by atoms with Crippen LogP contribution in [0.15, 0.2) is 23.6 Å². The van der Waals surface area contributed by atoms with E-state index in [-0.39, 0.29) is 16.8 Å². The van der Waals surface area contributed by atoms with E-state index < -0.39 is 0 Å². The van der Waals surface area contributed by atoms with Gasteiger partial charge in [0.2, 0.25) is 0 Å². The van der Waals surface area contributed by atoms with Gasteiger partial charge in [-0.3, -0.25) is 14.9 Å². The van der Waals surface area contributed by atoms with Gasteiger partial charge in [-0.25, -0.2) is 4.98 Å². The Kier molecular flexibility index (Phi) is 5.61. The Labute approximate surface area is 160 Å². The van der Waals surface area contributed by atoms with Gasteiger partial charge in [-0.15, -0.1) is 11.3 Å². The summed E-state index contributed by atoms with van der Waals surface area (Å²) >= 11 is 13.1. The second kappa shape index (κ2) is 7.72. The number of hydrogen-bond donors (Lipinski definition) is 1. The topological polar surface area (TPSA) is 62.3 Å². The summed E-state index contributed by atoms with van der Waals surface area (Å²) in [5.41, 5.74) is 0.663. The molecule has 2 aromatic rings. The molecule has 1 fully saturated rings. The molecule has 1 aliphatic heterocycles. The van der Waals surface area contributed by atoms with Crippen LogP contribution in [0.3, 0.4) is 0 Å². The number of carbonyl (C=O) groups is 2. The molecule has 1 N–H and O–H groups in total. The van der Waals surface area contributed by atoms with Gasteiger partial charge in [-0.2, -0.15) is 0 Å². The number of carbonyl (C=O) groups excluding carboxylic acids is 2. The first kappa shape index (κ1) is 18.2. The van der Waals surface area contributed by atoms with Gasteiger partial charge in [0.05, 0.1) is 10.6 Å². The second-order valence-electron chi connectivity index (χ2n) is 6.09. The molecule has 0 atom stereocenters. The number of anilines is 1. The highest BCUT2D eigenvalue weighted by molar-refractivity contribution is 7.14. The van der Waals surface area contributed by atoms with E-state index in [9.17, 15) is 9.59 Å². The van der Waals surface area contributed by atoms with Gasteiger partial charge >= 0.3 is 0 Å². The molecule has 132 valence electrons. The fourth-order valence-electron chi connectivity index (χ4n) is 2.64. The first-order valence-electron chi connectivity index (χ1n) is 7.95. The van der Waals surface area contributed by atoms with E-state index in [1.165, 1.54) is 17.4 Å². The van der Waals surface area contributed by atoms with E-state index in [1.807, 2.05) is 4.90 Å². The minimum absolute atomic E-state index is 0.0897. The Bertz CT molecular complexity index is 801. The van der Waals surface area contributed by atoms with E-state index in [0.717, 1.165) is 25.9 Å². The molecule has 1 aliphatic rings. The summed E-state index contributed by atoms with van der Waals surface area (Å²) in [6, 6.07) is 4.65. The molecule has 2 amide bonds. The zero-order chi connectivity index (χ0) is 18.0. The summed E-state index contributed by atoms with van der Waals surface area (Å²) in [6.45, 7) is 3.69. The molecule has 0 aliphatic carbocycles. The van der Waals surface area contributed by atoms with Crippen molar-refractivity contribution in [3.05, 3.63) is 44.9 Å². The summed E-state index contributed by atoms with van der Waals surface area (Å²) in [5.74, 6) is 0.174. The van der Waals surface area contributed by atoms with Crippen molar-refractivity contribution < 1.29 is 9.59 Å². The summed E-state index contributed by atoms with van der Waals surface area (Å²) < 4.78 is 0. The molecule has 1 saturated heterocycles. The van der Waals surface area contributed by atoms with Gasteiger partial charge in [-0.1, -0.05) is 30.1 Å². The lowest BCUT2D eigenvalue weighted by molar-refractivity contribution is 0.0692. The normalized spacial score (nSPS) is 15.2. The number of amides is 2. The lowest BCUT2D eigenvalue weighted by atomic mass is 9.99. The number of hydrogen-bond acceptors (Lipinski definition) is 4. The van der Waals surface area contributed by atoms with Gasteiger partial charge < -0.3 is 4.90 Å². The molecule has 1 aromatic heterocycles. The molecule has 0 unspecified atom stereocenters. The minimum atomic E-state index is -0.387. The highest BCUT2D eigenvalue weighted by Gasteiger charge is 2.23. The Morgan fingerprint density at radius 3 is 2.68 bits per heavy atom. The molecule has 0 bridgehead atoms. The van der Waals surface area contributed by atoms with Gasteiger partial charge in [0.1, 0.15) is 5.69 Å². The van der Waals surface area contributed by atoms with Gasteiger partial charge in [0.25, 0.3) is 11.8 Å². The van der Waals surface area contributed by atoms with Crippen molar-refractivity contribution in [2.75, 3.05) is 18.4 Å². The number of halogens is 2. The first-order chi connectivity index (χ1) is 11.9. The van der Waals surface area contributed by atoms with Crippen molar-refractivity contribution in [2.24, 2.45) is 5.92 Å². The van der Waals surface area contributed by atoms with E-state index >= 15 is 0 Å². The molecule has 0 spiro atoms. The fourth-order valence-corrected chi connectivity index (χ4v) is 3.81. The lowest BCUT2D eigenvalue weighted by Crippen LogP contribution is -2.38. The number of aromatic nitrogens is 1. The van der Waals surface area contributed by atoms with Crippen LogP contribution in [0.25, 0.3) is 0 Å². The zero-order valence-corrected chi connectivity index (χ0v) is 15.9. The van der Waals surface area contributed by atoms with Crippen molar-refractivity contribution in [3.63, 3.8) is 0 Å². The van der Waals surface area contributed by atoms with Gasteiger partial charge in [0, 0.05) is 23.5 Å². The van der Waals surface area contributed by atoms with E-state index in [1.54, 1.807) is 17.5 Å². The van der Waals surface area contributed by atoms with Crippen LogP contribution < -0.4 is 5.32 Å². The van der Waals surface area contributed by atoms with E-state index in [2.05, 4.69) is 17.2 Å². The number of benzene rings is 1. The Balaban J connectivity index is 1.67. The standard InChI is InChI=1S/C17H17Cl2N3O2S/c1-10-4-6-22(7-5-10)16(24)14-9-25-17(20-14)21-15(23)12-3-2-11(18)8-13(12)19/h2-3,8-10H,4-7H2,1H3,(H,20,21,23). The van der Waals surface area contributed by atoms with Crippen LogP contribution >= 0.6 is 34.5 Å². The average Bonchev–Trinajstić information content (AvgIpc) is 3.03. The number of nitrogens with zero attached hydrogens (tertiary/aromatic N) is 2. The van der Waals surface area contributed by atoms with Crippen LogP contribution in [0.2, 0.25) is 10.0 Å². The molecular formula is C17H17Cl2N3O2S. The number of nitrogens with one attached hydrogen (secondary N) is 1. The Morgan fingerprint density at radius 2 is 2.00 bits per heavy atom. The van der Waals surface area contributed by atoms with Crippen LogP contribution in [0, 0.1) is 5.92 Å². The smallest absolute Gasteiger partial charge is 0.273 e. The lowest BCUT2D eigenvalue weighted by Gasteiger charge is -2.29. The highest BCUT2D eigenvalue weighted by atomic mass is 35.5. The molecule has 8 heteroatoms. The van der Waals surface area contributed by atoms with Crippen molar-refractivity contribution in [1.29, 1.82) is 0 Å². The zero-order valence-electron chi connectivity index (χ0n) is 13.6. The van der Waals surface area contributed by atoms with Crippen LogP contribution in [0.5, 0.6) is 0 Å². The number of likely N-dealkylation sites (tertiary alicyclic amines) is 1. The summed E-state index contributed by atoms with van der Waals surface area (Å²) in [7, 11) is 0. The number of rotatable bonds is 3. The Hall–Kier alpha value is -1.63. The van der Waals surface area contributed by atoms with Crippen LogP contribution in [0.1, 0.15) is 40.6 Å². The van der Waals surface area contributed by atoms with Crippen molar-refractivity contribution in [2.45, 2.75) is 19.8 Å². The summed E-state index contributed by atoms with van der Waals surface area (Å²) in [4.78, 5) is 30.8. The van der Waals surface area contributed by atoms with Gasteiger partial charge in [0.15, 0.2) is 5.13 Å². The minimum Gasteiger partial charge on any atom is -0.337 e. The molecule has 25 heavy (non-hydrogen) atoms. The molecule has 5 nitrogen and oxygen atoms in total. The van der Waals surface area contributed by atoms with Crippen molar-refractivity contribution >= 4 is 51.5 Å². The maximum absolute atomic E-state index is 12.5. The highest BCUT2D eigenvalue weighted by Crippen LogP contribution is 2.24. The number of thiazole rings is 1. The summed E-state index contributed by atoms with van der Waals surface area (Å²) in [5, 5.41) is 5.43. The summed E-state index contributed by atoms with van der Waals surface area (Å²) in [6.07, 6.45) is 2.02. The van der Waals surface area contributed by atoms with Crippen LogP contribution in [0.4, 0.5) is 5.13 Å². The monoisotopic (exact) mass is 397 g/mol. The SMILES string of the molecule is CC1CCN(C(=O)c2csc(NC(=O)c3ccc(Cl)cc3Cl)n2)CC1. The van der Waals surface area contributed by atoms with Crippen LogP contribution in [-0.2, 0) is 0 Å². The van der Waals surface area contributed by atoms with E-state index in [0.29, 0.717) is 27.3 Å². The van der Waals surface area contributed by atoms with E-state index in [4.69, 9.17) is 23.2 Å². The largest absolute Gasteiger partial charge is 0.337 e. The maximum atomic E-state index is 12.5. The first-order valence-corrected chi connectivity index (χ1v) is 9.59. The quantitative estimate of drug-likeness (QED) is 0.824. The molecular weight excluding hydrogens is 381 g/mol. The third-order valence-corrected chi connectivity index (χ3v) is 5.50. The molecule has 2 heterocycles. The second-order valence-corrected chi connectivity index (χ2v) is 7.79. The molecule has 3 rings (SSSR count). The van der Waals surface area contributed by atoms with Crippen LogP contribution in [-0.4, -0.2) is 34.8 Å². The van der Waals surface area contributed by atoms with Gasteiger partial charge in [-0.05, 0) is 37.0 Å². The van der Waals surface area contributed by atoms with Crippen molar-refractivity contribution in [3.8, 4) is 0 Å². The fraction of sp³-hybridized carbons (Fsp3) is 0.353. The van der Waals surface area contributed by atoms with Crippen molar-refractivity contribution in [1.82, 2.24) is 9.88 Å². The maximum Gasteiger partial charge on any atom is 0.273 e. The predicted octanol–water partition coefficient (Wildman–Crippen LogP) is 4.57. The predicted molar refractivity (Wildman–Crippen MR) is 101 cm³/mol. The Morgan fingerprint density at radius 1 is 1.28 bits per heavy atom. The molecule has 0 saturated carbocycles.